The van der Waals surface area contributed by atoms with Gasteiger partial charge in [-0.2, -0.15) is 0 Å². The van der Waals surface area contributed by atoms with Gasteiger partial charge in [0.05, 0.1) is 5.75 Å². The van der Waals surface area contributed by atoms with Crippen LogP contribution in [0.2, 0.25) is 0 Å². The molecule has 0 aliphatic carbocycles. The van der Waals surface area contributed by atoms with Crippen LogP contribution < -0.4 is 5.32 Å². The largest absolute Gasteiger partial charge is 0.360 e. The van der Waals surface area contributed by atoms with Crippen LogP contribution in [0.3, 0.4) is 0 Å². The molecule has 4 aromatic rings. The lowest BCUT2D eigenvalue weighted by Gasteiger charge is -2.06. The van der Waals surface area contributed by atoms with Gasteiger partial charge in [0, 0.05) is 36.3 Å². The topological polar surface area (TPSA) is 75.6 Å². The average Bonchev–Trinajstić information content (AvgIpc) is 3.30. The third kappa shape index (κ3) is 3.94. The fourth-order valence-electron chi connectivity index (χ4n) is 3.10. The van der Waals surface area contributed by atoms with E-state index in [1.54, 1.807) is 0 Å². The van der Waals surface area contributed by atoms with Crippen molar-refractivity contribution in [3.63, 3.8) is 0 Å². The van der Waals surface area contributed by atoms with Crippen LogP contribution in [-0.2, 0) is 18.3 Å². The average molecular weight is 392 g/mol. The molecule has 0 spiro atoms. The number of nitrogens with one attached hydrogen (secondary N) is 2. The van der Waals surface area contributed by atoms with Crippen LogP contribution in [0.4, 0.5) is 0 Å². The van der Waals surface area contributed by atoms with Crippen LogP contribution in [0.15, 0.2) is 66.0 Å². The van der Waals surface area contributed by atoms with Crippen molar-refractivity contribution in [1.29, 1.82) is 0 Å². The summed E-state index contributed by atoms with van der Waals surface area (Å²) in [5.74, 6) is 1.09. The molecule has 2 aromatic heterocycles. The smallest absolute Gasteiger partial charge is 0.230 e. The van der Waals surface area contributed by atoms with Crippen molar-refractivity contribution in [3.05, 3.63) is 66.4 Å². The third-order valence-electron chi connectivity index (χ3n) is 4.58. The fourth-order valence-corrected chi connectivity index (χ4v) is 3.84. The number of benzene rings is 2. The highest BCUT2D eigenvalue weighted by Crippen LogP contribution is 2.28. The lowest BCUT2D eigenvalue weighted by Crippen LogP contribution is -2.27. The van der Waals surface area contributed by atoms with Crippen molar-refractivity contribution in [2.75, 3.05) is 12.3 Å². The van der Waals surface area contributed by atoms with E-state index in [1.807, 2.05) is 54.2 Å². The highest BCUT2D eigenvalue weighted by atomic mass is 32.2. The third-order valence-corrected chi connectivity index (χ3v) is 5.60. The molecule has 4 rings (SSSR count). The number of thioether (sulfide) groups is 1. The zero-order chi connectivity index (χ0) is 19.3. The van der Waals surface area contributed by atoms with Gasteiger partial charge in [-0.15, -0.1) is 10.2 Å². The molecule has 0 saturated carbocycles. The second-order valence-electron chi connectivity index (χ2n) is 6.49. The van der Waals surface area contributed by atoms with Crippen molar-refractivity contribution in [3.8, 4) is 11.4 Å². The number of nitrogens with zero attached hydrogens (tertiary/aromatic N) is 3. The molecule has 0 atom stereocenters. The van der Waals surface area contributed by atoms with E-state index in [1.165, 1.54) is 17.3 Å². The molecule has 2 heterocycles. The van der Waals surface area contributed by atoms with Gasteiger partial charge in [-0.25, -0.2) is 0 Å². The Hall–Kier alpha value is -3.06. The molecule has 28 heavy (non-hydrogen) atoms. The zero-order valence-electron chi connectivity index (χ0n) is 15.6. The van der Waals surface area contributed by atoms with Gasteiger partial charge < -0.3 is 14.9 Å². The Labute approximate surface area is 167 Å². The van der Waals surface area contributed by atoms with Gasteiger partial charge in [-0.1, -0.05) is 60.3 Å². The van der Waals surface area contributed by atoms with Crippen LogP contribution >= 0.6 is 11.8 Å². The van der Waals surface area contributed by atoms with Crippen molar-refractivity contribution < 1.29 is 4.79 Å². The summed E-state index contributed by atoms with van der Waals surface area (Å²) in [6.45, 7) is 0.628. The summed E-state index contributed by atoms with van der Waals surface area (Å²) in [6.07, 6.45) is 2.77. The van der Waals surface area contributed by atoms with Gasteiger partial charge >= 0.3 is 0 Å². The van der Waals surface area contributed by atoms with Crippen LogP contribution in [0, 0.1) is 0 Å². The van der Waals surface area contributed by atoms with Crippen molar-refractivity contribution in [2.45, 2.75) is 11.6 Å². The molecule has 0 radical (unpaired) electrons. The monoisotopic (exact) mass is 391 g/mol. The first-order valence-electron chi connectivity index (χ1n) is 9.11. The molecule has 0 saturated heterocycles. The maximum absolute atomic E-state index is 12.1. The summed E-state index contributed by atoms with van der Waals surface area (Å²) in [5.41, 5.74) is 3.28. The normalized spacial score (nSPS) is 11.0. The Morgan fingerprint density at radius 3 is 2.75 bits per heavy atom. The van der Waals surface area contributed by atoms with Crippen LogP contribution in [-0.4, -0.2) is 38.0 Å². The molecule has 0 bridgehead atoms. The molecule has 0 aliphatic rings. The summed E-state index contributed by atoms with van der Waals surface area (Å²) < 4.78 is 1.93. The van der Waals surface area contributed by atoms with Crippen molar-refractivity contribution >= 4 is 28.6 Å². The molecule has 142 valence electrons. The van der Waals surface area contributed by atoms with Crippen molar-refractivity contribution in [2.24, 2.45) is 7.05 Å². The van der Waals surface area contributed by atoms with Crippen LogP contribution in [0.25, 0.3) is 22.3 Å². The number of carbonyl (C=O) groups is 1. The molecule has 7 heteroatoms. The lowest BCUT2D eigenvalue weighted by atomic mass is 10.1. The van der Waals surface area contributed by atoms with E-state index in [0.29, 0.717) is 12.3 Å². The Kier molecular flexibility index (Phi) is 5.43. The molecule has 0 aliphatic heterocycles. The molecule has 6 nitrogen and oxygen atoms in total. The molecule has 0 unspecified atom stereocenters. The predicted molar refractivity (Wildman–Crippen MR) is 112 cm³/mol. The number of para-hydroxylation sites is 1. The summed E-state index contributed by atoms with van der Waals surface area (Å²) in [5, 5.41) is 13.4. The number of amides is 1. The van der Waals surface area contributed by atoms with E-state index in [-0.39, 0.29) is 5.91 Å². The standard InChI is InChI=1S/C21H21N5OS/c1-26-20(17-13-23-18-10-6-5-9-16(17)18)24-25-21(26)28-14-19(27)22-12-11-15-7-3-2-4-8-15/h2-10,13,23H,11-12,14H2,1H3,(H,22,27). The van der Waals surface area contributed by atoms with Crippen LogP contribution in [0.5, 0.6) is 0 Å². The van der Waals surface area contributed by atoms with Gasteiger partial charge in [0.2, 0.25) is 5.91 Å². The molecule has 0 fully saturated rings. The highest BCUT2D eigenvalue weighted by molar-refractivity contribution is 7.99. The summed E-state index contributed by atoms with van der Waals surface area (Å²) in [6, 6.07) is 18.2. The summed E-state index contributed by atoms with van der Waals surface area (Å²) >= 11 is 1.39. The number of H-pyrrole nitrogens is 1. The maximum atomic E-state index is 12.1. The lowest BCUT2D eigenvalue weighted by molar-refractivity contribution is -0.118. The second kappa shape index (κ2) is 8.31. The number of hydrogen-bond donors (Lipinski definition) is 2. The van der Waals surface area contributed by atoms with Gasteiger partial charge in [0.1, 0.15) is 0 Å². The highest BCUT2D eigenvalue weighted by Gasteiger charge is 2.15. The zero-order valence-corrected chi connectivity index (χ0v) is 16.4. The number of fused-ring (bicyclic) bond motifs is 1. The number of hydrogen-bond acceptors (Lipinski definition) is 4. The summed E-state index contributed by atoms with van der Waals surface area (Å²) in [4.78, 5) is 15.4. The van der Waals surface area contributed by atoms with E-state index in [4.69, 9.17) is 0 Å². The first-order valence-corrected chi connectivity index (χ1v) is 10.1. The fraction of sp³-hybridized carbons (Fsp3) is 0.190. The van der Waals surface area contributed by atoms with Crippen molar-refractivity contribution in [1.82, 2.24) is 25.1 Å². The Bertz CT molecular complexity index is 1090. The predicted octanol–water partition coefficient (Wildman–Crippen LogP) is 3.41. The SMILES string of the molecule is Cn1c(SCC(=O)NCCc2ccccc2)nnc1-c1c[nH]c2ccccc12. The van der Waals surface area contributed by atoms with E-state index in [2.05, 4.69) is 38.7 Å². The van der Waals surface area contributed by atoms with E-state index >= 15 is 0 Å². The van der Waals surface area contributed by atoms with Crippen LogP contribution in [0.1, 0.15) is 5.56 Å². The molecular weight excluding hydrogens is 370 g/mol. The second-order valence-corrected chi connectivity index (χ2v) is 7.43. The van der Waals surface area contributed by atoms with Gasteiger partial charge in [0.15, 0.2) is 11.0 Å². The molecule has 1 amide bonds. The Morgan fingerprint density at radius 2 is 1.89 bits per heavy atom. The van der Waals surface area contributed by atoms with Gasteiger partial charge in [0.25, 0.3) is 0 Å². The number of rotatable bonds is 7. The van der Waals surface area contributed by atoms with E-state index in [0.717, 1.165) is 33.9 Å². The first kappa shape index (κ1) is 18.3. The molecular formula is C21H21N5OS. The Balaban J connectivity index is 1.35. The molecule has 2 aromatic carbocycles. The minimum Gasteiger partial charge on any atom is -0.360 e. The number of aromatic nitrogens is 4. The van der Waals surface area contributed by atoms with Gasteiger partial charge in [-0.05, 0) is 18.1 Å². The Morgan fingerprint density at radius 1 is 1.11 bits per heavy atom. The van der Waals surface area contributed by atoms with E-state index in [9.17, 15) is 4.79 Å². The maximum Gasteiger partial charge on any atom is 0.230 e. The minimum atomic E-state index is -0.00225. The minimum absolute atomic E-state index is 0.00225. The van der Waals surface area contributed by atoms with E-state index < -0.39 is 0 Å². The van der Waals surface area contributed by atoms with Gasteiger partial charge in [-0.3, -0.25) is 4.79 Å². The summed E-state index contributed by atoms with van der Waals surface area (Å²) in [7, 11) is 1.92. The first-order chi connectivity index (χ1) is 13.7. The quantitative estimate of drug-likeness (QED) is 0.474. The number of carbonyl (C=O) groups excluding carboxylic acids is 1. The molecule has 2 N–H and O–H groups in total. The number of aromatic amines is 1.